The van der Waals surface area contributed by atoms with Gasteiger partial charge >= 0.3 is 0 Å². The Hall–Kier alpha value is -0.440. The largest absolute Gasteiger partial charge is 0.261 e. The van der Waals surface area contributed by atoms with Gasteiger partial charge in [0.05, 0.1) is 0 Å². The molecule has 0 aromatic carbocycles. The maximum absolute atomic E-state index is 12.4. The summed E-state index contributed by atoms with van der Waals surface area (Å²) in [7, 11) is 0. The van der Waals surface area contributed by atoms with Gasteiger partial charge in [0, 0.05) is 17.2 Å². The van der Waals surface area contributed by atoms with Crippen LogP contribution in [-0.4, -0.2) is 10.3 Å². The predicted octanol–water partition coefficient (Wildman–Crippen LogP) is 2.16. The van der Waals surface area contributed by atoms with E-state index in [0.29, 0.717) is 0 Å². The monoisotopic (exact) mass is 203 g/mol. The van der Waals surface area contributed by atoms with Crippen molar-refractivity contribution >= 4 is 15.9 Å². The van der Waals surface area contributed by atoms with E-state index in [9.17, 15) is 4.39 Å². The molecule has 0 aliphatic heterocycles. The first-order valence-electron chi connectivity index (χ1n) is 2.99. The van der Waals surface area contributed by atoms with Gasteiger partial charge in [0.25, 0.3) is 0 Å². The molecular weight excluding hydrogens is 197 g/mol. The summed E-state index contributed by atoms with van der Waals surface area (Å²) in [6, 6.07) is 2.79. The zero-order valence-corrected chi connectivity index (χ0v) is 6.94. The van der Waals surface area contributed by atoms with Gasteiger partial charge in [-0.15, -0.1) is 0 Å². The minimum Gasteiger partial charge on any atom is -0.261 e. The highest BCUT2D eigenvalue weighted by Gasteiger charge is 1.93. The molecule has 54 valence electrons. The molecule has 0 radical (unpaired) electrons. The van der Waals surface area contributed by atoms with E-state index in [1.165, 1.54) is 18.3 Å². The van der Waals surface area contributed by atoms with Crippen LogP contribution in [0.25, 0.3) is 0 Å². The number of pyridine rings is 1. The van der Waals surface area contributed by atoms with Crippen molar-refractivity contribution in [3.8, 4) is 0 Å². The summed E-state index contributed by atoms with van der Waals surface area (Å²) in [6.07, 6.45) is 2.26. The molecule has 1 aromatic rings. The summed E-state index contributed by atoms with van der Waals surface area (Å²) in [4.78, 5) is 3.96. The average molecular weight is 204 g/mol. The first kappa shape index (κ1) is 7.66. The van der Waals surface area contributed by atoms with Gasteiger partial charge in [-0.1, -0.05) is 15.9 Å². The first-order valence-corrected chi connectivity index (χ1v) is 4.11. The second-order valence-electron chi connectivity index (χ2n) is 1.90. The lowest BCUT2D eigenvalue weighted by molar-refractivity contribution is 0.622. The number of alkyl halides is 1. The molecule has 1 heterocycles. The summed E-state index contributed by atoms with van der Waals surface area (Å²) in [6.45, 7) is 0. The standard InChI is InChI=1S/C7H7BrFN/c8-3-1-7-5-6(9)2-4-10-7/h2,4-5H,1,3H2. The molecule has 10 heavy (non-hydrogen) atoms. The molecular formula is C7H7BrFN. The summed E-state index contributed by atoms with van der Waals surface area (Å²) in [5.41, 5.74) is 0.789. The molecule has 0 unspecified atom stereocenters. The van der Waals surface area contributed by atoms with Gasteiger partial charge in [-0.2, -0.15) is 0 Å². The molecule has 1 aromatic heterocycles. The smallest absolute Gasteiger partial charge is 0.126 e. The predicted molar refractivity (Wildman–Crippen MR) is 41.7 cm³/mol. The highest BCUT2D eigenvalue weighted by atomic mass is 79.9. The van der Waals surface area contributed by atoms with Gasteiger partial charge in [0.1, 0.15) is 5.82 Å². The van der Waals surface area contributed by atoms with Crippen molar-refractivity contribution in [3.63, 3.8) is 0 Å². The Kier molecular flexibility index (Phi) is 2.81. The molecule has 0 saturated heterocycles. The second-order valence-corrected chi connectivity index (χ2v) is 2.70. The minimum atomic E-state index is -0.217. The van der Waals surface area contributed by atoms with Crippen LogP contribution in [0.15, 0.2) is 18.3 Å². The number of aromatic nitrogens is 1. The van der Waals surface area contributed by atoms with E-state index in [4.69, 9.17) is 0 Å². The Morgan fingerprint density at radius 1 is 1.60 bits per heavy atom. The van der Waals surface area contributed by atoms with Gasteiger partial charge in [0.2, 0.25) is 0 Å². The fourth-order valence-electron chi connectivity index (χ4n) is 0.682. The van der Waals surface area contributed by atoms with Crippen LogP contribution >= 0.6 is 15.9 Å². The molecule has 0 fully saturated rings. The average Bonchev–Trinajstić information content (AvgIpc) is 1.88. The fourth-order valence-corrected chi connectivity index (χ4v) is 1.09. The summed E-state index contributed by atoms with van der Waals surface area (Å²) in [5.74, 6) is -0.217. The van der Waals surface area contributed by atoms with Crippen molar-refractivity contribution in [3.05, 3.63) is 29.8 Å². The molecule has 0 amide bonds. The molecule has 3 heteroatoms. The number of rotatable bonds is 2. The SMILES string of the molecule is Fc1ccnc(CCBr)c1. The Morgan fingerprint density at radius 3 is 3.00 bits per heavy atom. The zero-order valence-electron chi connectivity index (χ0n) is 5.35. The quantitative estimate of drug-likeness (QED) is 0.672. The number of hydrogen-bond acceptors (Lipinski definition) is 1. The Labute approximate surface area is 67.4 Å². The Balaban J connectivity index is 2.75. The van der Waals surface area contributed by atoms with E-state index in [0.717, 1.165) is 17.4 Å². The molecule has 1 rings (SSSR count). The van der Waals surface area contributed by atoms with Crippen molar-refractivity contribution in [2.75, 3.05) is 5.33 Å². The highest BCUT2D eigenvalue weighted by Crippen LogP contribution is 2.01. The normalized spacial score (nSPS) is 9.80. The third kappa shape index (κ3) is 2.06. The highest BCUT2D eigenvalue weighted by molar-refractivity contribution is 9.09. The Morgan fingerprint density at radius 2 is 2.40 bits per heavy atom. The third-order valence-corrected chi connectivity index (χ3v) is 1.53. The number of hydrogen-bond donors (Lipinski definition) is 0. The van der Waals surface area contributed by atoms with Gasteiger partial charge in [0.15, 0.2) is 0 Å². The van der Waals surface area contributed by atoms with Crippen molar-refractivity contribution < 1.29 is 4.39 Å². The summed E-state index contributed by atoms with van der Waals surface area (Å²) in [5, 5.41) is 0.823. The summed E-state index contributed by atoms with van der Waals surface area (Å²) < 4.78 is 12.4. The van der Waals surface area contributed by atoms with Crippen LogP contribution in [-0.2, 0) is 6.42 Å². The number of aryl methyl sites for hydroxylation is 1. The van der Waals surface area contributed by atoms with Crippen LogP contribution in [0, 0.1) is 5.82 Å². The van der Waals surface area contributed by atoms with Gasteiger partial charge in [-0.25, -0.2) is 4.39 Å². The molecule has 0 saturated carbocycles. The first-order chi connectivity index (χ1) is 4.83. The molecule has 0 atom stereocenters. The van der Waals surface area contributed by atoms with Crippen LogP contribution in [0.1, 0.15) is 5.69 Å². The lowest BCUT2D eigenvalue weighted by atomic mass is 10.3. The molecule has 1 nitrogen and oxygen atoms in total. The van der Waals surface area contributed by atoms with Crippen molar-refractivity contribution in [2.24, 2.45) is 0 Å². The van der Waals surface area contributed by atoms with Crippen LogP contribution in [0.4, 0.5) is 4.39 Å². The Bertz CT molecular complexity index is 215. The number of halogens is 2. The second kappa shape index (κ2) is 3.66. The van der Waals surface area contributed by atoms with Crippen LogP contribution < -0.4 is 0 Å². The van der Waals surface area contributed by atoms with Crippen molar-refractivity contribution in [1.82, 2.24) is 4.98 Å². The fraction of sp³-hybridized carbons (Fsp3) is 0.286. The van der Waals surface area contributed by atoms with Gasteiger partial charge in [-0.05, 0) is 18.6 Å². The van der Waals surface area contributed by atoms with E-state index >= 15 is 0 Å². The van der Waals surface area contributed by atoms with Gasteiger partial charge < -0.3 is 0 Å². The molecule has 0 aliphatic carbocycles. The molecule has 0 aliphatic rings. The van der Waals surface area contributed by atoms with E-state index in [1.54, 1.807) is 0 Å². The van der Waals surface area contributed by atoms with E-state index in [1.807, 2.05) is 0 Å². The molecule has 0 N–H and O–H groups in total. The van der Waals surface area contributed by atoms with E-state index in [-0.39, 0.29) is 5.82 Å². The maximum atomic E-state index is 12.4. The van der Waals surface area contributed by atoms with Gasteiger partial charge in [-0.3, -0.25) is 4.98 Å². The molecule has 0 bridgehead atoms. The van der Waals surface area contributed by atoms with Crippen LogP contribution in [0.5, 0.6) is 0 Å². The maximum Gasteiger partial charge on any atom is 0.126 e. The van der Waals surface area contributed by atoms with E-state index in [2.05, 4.69) is 20.9 Å². The third-order valence-electron chi connectivity index (χ3n) is 1.13. The zero-order chi connectivity index (χ0) is 7.40. The lowest BCUT2D eigenvalue weighted by Gasteiger charge is -1.94. The van der Waals surface area contributed by atoms with Crippen LogP contribution in [0.3, 0.4) is 0 Å². The molecule has 0 spiro atoms. The van der Waals surface area contributed by atoms with Crippen LogP contribution in [0.2, 0.25) is 0 Å². The lowest BCUT2D eigenvalue weighted by Crippen LogP contribution is -1.90. The number of nitrogens with zero attached hydrogens (tertiary/aromatic N) is 1. The van der Waals surface area contributed by atoms with Crippen molar-refractivity contribution in [1.29, 1.82) is 0 Å². The topological polar surface area (TPSA) is 12.9 Å². The minimum absolute atomic E-state index is 0.217. The van der Waals surface area contributed by atoms with E-state index < -0.39 is 0 Å². The summed E-state index contributed by atoms with van der Waals surface area (Å²) >= 11 is 3.25. The van der Waals surface area contributed by atoms with Crippen molar-refractivity contribution in [2.45, 2.75) is 6.42 Å².